The Kier molecular flexibility index (Phi) is 10.5. The molecular formula is C16H23N5O10P2-2. The van der Waals surface area contributed by atoms with Crippen LogP contribution in [0.1, 0.15) is 26.7 Å². The molecule has 0 bridgehead atoms. The summed E-state index contributed by atoms with van der Waals surface area (Å²) in [6.45, 7) is 3.54. The first-order chi connectivity index (χ1) is 14.9. The Hall–Kier alpha value is -2.48. The van der Waals surface area contributed by atoms with Gasteiger partial charge in [0.2, 0.25) is 5.52 Å². The fourth-order valence-electron chi connectivity index (χ4n) is 2.52. The Balaban J connectivity index is 0.00000544. The zero-order chi connectivity index (χ0) is 23.9. The third kappa shape index (κ3) is 9.50. The molecule has 2 aromatic rings. The molecule has 1 aromatic carbocycles. The average Bonchev–Trinajstić information content (AvgIpc) is 3.13. The van der Waals surface area contributed by atoms with Crippen molar-refractivity contribution >= 4 is 38.1 Å². The first-order valence-corrected chi connectivity index (χ1v) is 11.9. The predicted molar refractivity (Wildman–Crippen MR) is 112 cm³/mol. The zero-order valence-electron chi connectivity index (χ0n) is 18.0. The summed E-state index contributed by atoms with van der Waals surface area (Å²) in [5.41, 5.74) is 2.33. The maximum Gasteiger partial charge on any atom is 0.300 e. The molecule has 0 fully saturated rings. The highest BCUT2D eigenvalue weighted by atomic mass is 31.3. The topological polar surface area (TPSA) is 252 Å². The van der Waals surface area contributed by atoms with Crippen molar-refractivity contribution < 1.29 is 42.2 Å². The quantitative estimate of drug-likeness (QED) is 0.180. The van der Waals surface area contributed by atoms with E-state index in [1.54, 1.807) is 6.92 Å². The fraction of sp³-hybridized carbons (Fsp3) is 0.375. The minimum atomic E-state index is -5.70. The van der Waals surface area contributed by atoms with Gasteiger partial charge in [0.25, 0.3) is 7.82 Å². The number of phosphoric ester groups is 1. The monoisotopic (exact) mass is 507 g/mol. The van der Waals surface area contributed by atoms with Gasteiger partial charge in [-0.1, -0.05) is 23.3 Å². The van der Waals surface area contributed by atoms with E-state index in [0.29, 0.717) is 25.1 Å². The number of anilines is 1. The number of nitro benzene ring substituents is 1. The minimum Gasteiger partial charge on any atom is -0.790 e. The van der Waals surface area contributed by atoms with E-state index in [9.17, 15) is 33.9 Å². The van der Waals surface area contributed by atoms with Gasteiger partial charge in [-0.3, -0.25) is 19.0 Å². The summed E-state index contributed by atoms with van der Waals surface area (Å²) >= 11 is 0. The van der Waals surface area contributed by atoms with Gasteiger partial charge in [0.05, 0.1) is 25.0 Å². The lowest BCUT2D eigenvalue weighted by Gasteiger charge is -2.34. The van der Waals surface area contributed by atoms with Crippen LogP contribution in [-0.2, 0) is 18.0 Å². The summed E-state index contributed by atoms with van der Waals surface area (Å²) < 4.78 is 33.7. The molecule has 1 aromatic heterocycles. The van der Waals surface area contributed by atoms with Crippen molar-refractivity contribution in [1.29, 1.82) is 0 Å². The molecule has 1 atom stereocenters. The molecule has 17 heteroatoms. The maximum absolute atomic E-state index is 11.2. The highest BCUT2D eigenvalue weighted by Gasteiger charge is 2.19. The van der Waals surface area contributed by atoms with Crippen molar-refractivity contribution in [2.75, 3.05) is 18.5 Å². The molecule has 0 saturated carbocycles. The van der Waals surface area contributed by atoms with E-state index in [1.165, 1.54) is 18.2 Å². The largest absolute Gasteiger partial charge is 0.790 e. The van der Waals surface area contributed by atoms with Crippen molar-refractivity contribution in [1.82, 2.24) is 16.5 Å². The summed E-state index contributed by atoms with van der Waals surface area (Å²) in [7, 11) is -10.9. The SMILES string of the molecule is C/C(=C\COP(=O)([O-])OP(=O)([O-])[O-])CC/C=C(\C)CNc1ccc([N+](=O)[O-])c2nonc12.[NH4+]. The van der Waals surface area contributed by atoms with E-state index in [-0.39, 0.29) is 22.9 Å². The second-order valence-electron chi connectivity index (χ2n) is 6.62. The summed E-state index contributed by atoms with van der Waals surface area (Å²) in [6.07, 6.45) is 4.52. The molecule has 15 nitrogen and oxygen atoms in total. The van der Waals surface area contributed by atoms with Gasteiger partial charge in [-0.05, 0) is 43.1 Å². The van der Waals surface area contributed by atoms with Crippen LogP contribution in [0.5, 0.6) is 0 Å². The standard InChI is InChI=1S/C16H22N4O10P2.H3N/c1-11(8-9-28-32(26,27)30-31(23,24)25)4-3-5-12(2)10-17-13-6-7-14(20(21)22)16-15(13)18-29-19-16;/h5-8,17H,3-4,9-10H2,1-2H3,(H,26,27)(H2,23,24,25);1H3/p-2/b11-8+,12-5+;. The molecule has 1 heterocycles. The fourth-order valence-corrected chi connectivity index (χ4v) is 3.94. The molecule has 2 rings (SSSR count). The number of aromatic nitrogens is 2. The molecule has 0 saturated heterocycles. The molecule has 0 aliphatic heterocycles. The Bertz CT molecular complexity index is 1130. The number of quaternary nitrogens is 1. The van der Waals surface area contributed by atoms with E-state index in [1.807, 2.05) is 13.0 Å². The lowest BCUT2D eigenvalue weighted by Crippen LogP contribution is -2.19. The highest BCUT2D eigenvalue weighted by molar-refractivity contribution is 7.58. The number of nitro groups is 1. The zero-order valence-corrected chi connectivity index (χ0v) is 19.7. The first kappa shape index (κ1) is 28.6. The molecule has 1 unspecified atom stereocenters. The van der Waals surface area contributed by atoms with E-state index >= 15 is 0 Å². The summed E-state index contributed by atoms with van der Waals surface area (Å²) in [4.78, 5) is 42.2. The van der Waals surface area contributed by atoms with Crippen LogP contribution >= 0.6 is 15.6 Å². The first-order valence-electron chi connectivity index (χ1n) is 9.02. The van der Waals surface area contributed by atoms with Crippen LogP contribution in [0.3, 0.4) is 0 Å². The van der Waals surface area contributed by atoms with Gasteiger partial charge in [0.1, 0.15) is 0 Å². The number of phosphoric acid groups is 2. The number of hydrogen-bond donors (Lipinski definition) is 2. The van der Waals surface area contributed by atoms with E-state index < -0.39 is 27.2 Å². The molecule has 0 aliphatic carbocycles. The normalized spacial score (nSPS) is 14.6. The van der Waals surface area contributed by atoms with Crippen molar-refractivity contribution in [2.45, 2.75) is 26.7 Å². The number of fused-ring (bicyclic) bond motifs is 1. The van der Waals surface area contributed by atoms with Crippen molar-refractivity contribution in [3.8, 4) is 0 Å². The Morgan fingerprint density at radius 2 is 1.82 bits per heavy atom. The Labute approximate surface area is 188 Å². The number of benzene rings is 1. The van der Waals surface area contributed by atoms with Crippen LogP contribution in [0.25, 0.3) is 11.0 Å². The van der Waals surface area contributed by atoms with Gasteiger partial charge in [-0.25, -0.2) is 4.63 Å². The number of non-ortho nitro benzene ring substituents is 1. The molecule has 0 amide bonds. The number of rotatable bonds is 12. The van der Waals surface area contributed by atoms with Gasteiger partial charge in [0.15, 0.2) is 5.52 Å². The van der Waals surface area contributed by atoms with Crippen LogP contribution in [0.15, 0.2) is 40.1 Å². The number of allylic oxidation sites excluding steroid dienone is 2. The van der Waals surface area contributed by atoms with E-state index in [4.69, 9.17) is 0 Å². The predicted octanol–water partition coefficient (Wildman–Crippen LogP) is 1.92. The Morgan fingerprint density at radius 3 is 2.45 bits per heavy atom. The summed E-state index contributed by atoms with van der Waals surface area (Å²) in [5, 5.41) is 21.4. The second kappa shape index (κ2) is 12.1. The van der Waals surface area contributed by atoms with Gasteiger partial charge < -0.3 is 35.2 Å². The van der Waals surface area contributed by atoms with E-state index in [2.05, 4.69) is 29.1 Å². The minimum absolute atomic E-state index is 0. The smallest absolute Gasteiger partial charge is 0.300 e. The van der Waals surface area contributed by atoms with Gasteiger partial charge >= 0.3 is 5.69 Å². The lowest BCUT2D eigenvalue weighted by atomic mass is 10.1. The molecule has 5 N–H and O–H groups in total. The van der Waals surface area contributed by atoms with Gasteiger partial charge in [-0.2, -0.15) is 0 Å². The highest BCUT2D eigenvalue weighted by Crippen LogP contribution is 2.50. The van der Waals surface area contributed by atoms with Crippen LogP contribution < -0.4 is 26.1 Å². The molecule has 184 valence electrons. The summed E-state index contributed by atoms with van der Waals surface area (Å²) in [5.74, 6) is 0. The van der Waals surface area contributed by atoms with E-state index in [0.717, 1.165) is 11.1 Å². The van der Waals surface area contributed by atoms with Crippen LogP contribution in [0, 0.1) is 10.1 Å². The third-order valence-electron chi connectivity index (χ3n) is 4.04. The number of nitrogens with one attached hydrogen (secondary N) is 1. The second-order valence-corrected chi connectivity index (χ2v) is 9.32. The van der Waals surface area contributed by atoms with Crippen LogP contribution in [0.4, 0.5) is 11.4 Å². The van der Waals surface area contributed by atoms with Crippen LogP contribution in [-0.4, -0.2) is 28.4 Å². The van der Waals surface area contributed by atoms with Crippen LogP contribution in [0.2, 0.25) is 0 Å². The molecule has 0 aliphatic rings. The summed E-state index contributed by atoms with van der Waals surface area (Å²) in [6, 6.07) is 2.82. The molecular weight excluding hydrogens is 484 g/mol. The lowest BCUT2D eigenvalue weighted by molar-refractivity contribution is -0.383. The molecule has 0 radical (unpaired) electrons. The molecule has 33 heavy (non-hydrogen) atoms. The maximum atomic E-state index is 11.2. The Morgan fingerprint density at radius 1 is 1.15 bits per heavy atom. The van der Waals surface area contributed by atoms with Crippen molar-refractivity contribution in [2.24, 2.45) is 0 Å². The van der Waals surface area contributed by atoms with Gasteiger partial charge in [-0.15, -0.1) is 0 Å². The number of hydrogen-bond acceptors (Lipinski definition) is 13. The number of nitrogens with zero attached hydrogens (tertiary/aromatic N) is 3. The molecule has 0 spiro atoms. The van der Waals surface area contributed by atoms with Crippen molar-refractivity contribution in [3.63, 3.8) is 0 Å². The van der Waals surface area contributed by atoms with Crippen molar-refractivity contribution in [3.05, 3.63) is 45.5 Å². The average molecular weight is 507 g/mol. The third-order valence-corrected chi connectivity index (χ3v) is 6.11. The van der Waals surface area contributed by atoms with Gasteiger partial charge in [0, 0.05) is 12.6 Å².